The quantitative estimate of drug-likeness (QED) is 0.625. The van der Waals surface area contributed by atoms with Gasteiger partial charge in [0.1, 0.15) is 5.69 Å². The molecule has 0 amide bonds. The van der Waals surface area contributed by atoms with Crippen molar-refractivity contribution in [2.75, 3.05) is 0 Å². The number of fused-ring (bicyclic) bond motifs is 1. The Balaban J connectivity index is 2.27. The van der Waals surface area contributed by atoms with Crippen molar-refractivity contribution < 1.29 is 4.34 Å². The van der Waals surface area contributed by atoms with Gasteiger partial charge in [-0.3, -0.25) is 0 Å². The highest BCUT2D eigenvalue weighted by Crippen LogP contribution is 2.55. The highest BCUT2D eigenvalue weighted by atomic mass is 32.9. The van der Waals surface area contributed by atoms with Gasteiger partial charge in [0.05, 0.1) is 4.88 Å². The van der Waals surface area contributed by atoms with Crippen molar-refractivity contribution in [3.8, 4) is 0 Å². The zero-order valence-corrected chi connectivity index (χ0v) is 13.4. The van der Waals surface area contributed by atoms with Crippen LogP contribution in [-0.4, -0.2) is 5.45 Å². The van der Waals surface area contributed by atoms with Gasteiger partial charge < -0.3 is 0 Å². The summed E-state index contributed by atoms with van der Waals surface area (Å²) in [5.41, 5.74) is 3.31. The first-order valence-corrected chi connectivity index (χ1v) is 10.3. The molecule has 6 heteroatoms. The van der Waals surface area contributed by atoms with E-state index in [1.165, 1.54) is 5.56 Å². The number of hydrogen-bond donors (Lipinski definition) is 1. The fraction of sp³-hybridized carbons (Fsp3) is 0.167. The number of thiophene rings is 1. The molecule has 0 bridgehead atoms. The van der Waals surface area contributed by atoms with E-state index in [1.54, 1.807) is 11.3 Å². The number of aryl methyl sites for hydroxylation is 2. The average molecular weight is 311 g/mol. The van der Waals surface area contributed by atoms with Gasteiger partial charge in [0, 0.05) is 6.07 Å². The van der Waals surface area contributed by atoms with E-state index >= 15 is 0 Å². The number of aromatic nitrogens is 1. The highest BCUT2D eigenvalue weighted by Gasteiger charge is 2.42. The maximum atomic E-state index is 5.78. The Labute approximate surface area is 121 Å². The molecule has 2 aromatic heterocycles. The van der Waals surface area contributed by atoms with E-state index in [1.807, 2.05) is 11.4 Å². The fourth-order valence-electron chi connectivity index (χ4n) is 2.18. The normalized spacial score (nSPS) is 21.8. The second kappa shape index (κ2) is 4.27. The summed E-state index contributed by atoms with van der Waals surface area (Å²) in [5.74, 6) is 0.939. The van der Waals surface area contributed by atoms with Crippen molar-refractivity contribution in [3.63, 3.8) is 0 Å². The molecule has 0 aromatic carbocycles. The van der Waals surface area contributed by atoms with Crippen LogP contribution < -0.4 is 4.34 Å². The standard InChI is InChI=1S/C12H11N2PS3/c1-8-6-9(2)14-11(7-8)13-12(15(14,16)17)10-4-3-5-18-10/h3-7H,1-2H3/p+1. The predicted molar refractivity (Wildman–Crippen MR) is 85.3 cm³/mol. The lowest BCUT2D eigenvalue weighted by atomic mass is 10.2. The van der Waals surface area contributed by atoms with Crippen molar-refractivity contribution in [3.05, 3.63) is 45.8 Å². The summed E-state index contributed by atoms with van der Waals surface area (Å²) in [6.07, 6.45) is 0. The number of hydrogen-bond acceptors (Lipinski definition) is 3. The van der Waals surface area contributed by atoms with Crippen molar-refractivity contribution in [1.29, 1.82) is 0 Å². The number of pyridine rings is 1. The number of aliphatic imine (C=N–C) groups is 1. The summed E-state index contributed by atoms with van der Waals surface area (Å²) in [7, 11) is 0. The smallest absolute Gasteiger partial charge is 0.189 e. The minimum Gasteiger partial charge on any atom is -0.189 e. The van der Waals surface area contributed by atoms with Gasteiger partial charge in [0.15, 0.2) is 0 Å². The first kappa shape index (κ1) is 12.5. The molecule has 3 rings (SSSR count). The summed E-state index contributed by atoms with van der Waals surface area (Å²) in [6, 6.07) is 8.30. The highest BCUT2D eigenvalue weighted by molar-refractivity contribution is 8.66. The van der Waals surface area contributed by atoms with Gasteiger partial charge in [-0.15, -0.1) is 11.3 Å². The molecule has 2 aromatic rings. The molecule has 3 heterocycles. The molecule has 0 saturated heterocycles. The van der Waals surface area contributed by atoms with Crippen LogP contribution in [0.5, 0.6) is 0 Å². The van der Waals surface area contributed by atoms with Crippen LogP contribution in [0.2, 0.25) is 0 Å². The fourth-order valence-corrected chi connectivity index (χ4v) is 7.59. The largest absolute Gasteiger partial charge is 0.328 e. The first-order chi connectivity index (χ1) is 8.50. The molecule has 1 atom stereocenters. The summed E-state index contributed by atoms with van der Waals surface area (Å²) in [6.45, 7) is 4.15. The molecule has 1 aliphatic rings. The maximum Gasteiger partial charge on any atom is 0.328 e. The summed E-state index contributed by atoms with van der Waals surface area (Å²) in [4.78, 5) is 5.86. The van der Waals surface area contributed by atoms with Crippen LogP contribution in [0.3, 0.4) is 0 Å². The minimum atomic E-state index is -2.08. The molecule has 0 spiro atoms. The third-order valence-corrected chi connectivity index (χ3v) is 7.95. The van der Waals surface area contributed by atoms with Gasteiger partial charge in [-0.1, -0.05) is 18.3 Å². The minimum absolute atomic E-state index is 0.939. The Morgan fingerprint density at radius 2 is 2.17 bits per heavy atom. The first-order valence-electron chi connectivity index (χ1n) is 5.50. The second-order valence-corrected chi connectivity index (χ2v) is 11.3. The Bertz CT molecular complexity index is 704. The van der Waals surface area contributed by atoms with Crippen LogP contribution in [0, 0.1) is 13.8 Å². The lowest BCUT2D eigenvalue weighted by Crippen LogP contribution is -2.31. The monoisotopic (exact) mass is 311 g/mol. The summed E-state index contributed by atoms with van der Waals surface area (Å²) in [5, 5.41) is -0.0363. The van der Waals surface area contributed by atoms with E-state index in [-0.39, 0.29) is 0 Å². The van der Waals surface area contributed by atoms with E-state index in [4.69, 9.17) is 29.0 Å². The summed E-state index contributed by atoms with van der Waals surface area (Å²) >= 11 is 12.2. The van der Waals surface area contributed by atoms with E-state index in [9.17, 15) is 0 Å². The van der Waals surface area contributed by atoms with E-state index in [2.05, 4.69) is 36.4 Å². The number of rotatable bonds is 1. The van der Waals surface area contributed by atoms with Crippen LogP contribution in [0.1, 0.15) is 16.1 Å². The molecule has 1 unspecified atom stereocenters. The number of thiol groups is 1. The topological polar surface area (TPSA) is 16.2 Å². The SMILES string of the molecule is Cc1cc(C)[n+]2c(c1)N=C(c1cccs1)P2(=S)S. The van der Waals surface area contributed by atoms with E-state index in [0.717, 1.165) is 21.8 Å². The van der Waals surface area contributed by atoms with Crippen molar-refractivity contribution in [2.24, 2.45) is 4.99 Å². The van der Waals surface area contributed by atoms with Crippen LogP contribution in [0.25, 0.3) is 0 Å². The molecule has 18 heavy (non-hydrogen) atoms. The molecule has 2 nitrogen and oxygen atoms in total. The zero-order chi connectivity index (χ0) is 12.9. The maximum absolute atomic E-state index is 5.78. The van der Waals surface area contributed by atoms with Crippen molar-refractivity contribution in [1.82, 2.24) is 0 Å². The molecular formula is C12H12N2PS3+. The lowest BCUT2D eigenvalue weighted by Gasteiger charge is -2.10. The third kappa shape index (κ3) is 1.81. The molecule has 1 aliphatic heterocycles. The average Bonchev–Trinajstić information content (AvgIpc) is 2.83. The van der Waals surface area contributed by atoms with Crippen LogP contribution in [0.15, 0.2) is 34.6 Å². The molecule has 0 saturated carbocycles. The molecule has 92 valence electrons. The second-order valence-electron chi connectivity index (χ2n) is 4.30. The van der Waals surface area contributed by atoms with Gasteiger partial charge >= 0.3 is 5.82 Å². The van der Waals surface area contributed by atoms with Gasteiger partial charge in [0.2, 0.25) is 5.39 Å². The summed E-state index contributed by atoms with van der Waals surface area (Å²) < 4.78 is 2.12. The molecule has 0 radical (unpaired) electrons. The molecular weight excluding hydrogens is 299 g/mol. The van der Waals surface area contributed by atoms with Gasteiger partial charge in [0.25, 0.3) is 5.45 Å². The molecule has 0 fully saturated rings. The molecule has 0 N–H and O–H groups in total. The van der Waals surface area contributed by atoms with Crippen LogP contribution in [-0.2, 0) is 11.8 Å². The van der Waals surface area contributed by atoms with Gasteiger partial charge in [-0.25, -0.2) is 0 Å². The lowest BCUT2D eigenvalue weighted by molar-refractivity contribution is -0.497. The van der Waals surface area contributed by atoms with Crippen LogP contribution >= 0.6 is 29.0 Å². The zero-order valence-electron chi connectivity index (χ0n) is 9.99. The number of nitrogens with zero attached hydrogens (tertiary/aromatic N) is 2. The molecule has 0 aliphatic carbocycles. The van der Waals surface area contributed by atoms with Gasteiger partial charge in [-0.05, 0) is 53.7 Å². The van der Waals surface area contributed by atoms with E-state index < -0.39 is 5.39 Å². The van der Waals surface area contributed by atoms with E-state index in [0.29, 0.717) is 0 Å². The Morgan fingerprint density at radius 1 is 1.39 bits per heavy atom. The third-order valence-electron chi connectivity index (χ3n) is 2.85. The Kier molecular flexibility index (Phi) is 2.98. The van der Waals surface area contributed by atoms with Crippen molar-refractivity contribution >= 4 is 52.1 Å². The predicted octanol–water partition coefficient (Wildman–Crippen LogP) is 3.83. The Morgan fingerprint density at radius 3 is 2.83 bits per heavy atom. The van der Waals surface area contributed by atoms with Crippen LogP contribution in [0.4, 0.5) is 5.82 Å². The van der Waals surface area contributed by atoms with Gasteiger partial charge in [-0.2, -0.15) is 4.34 Å². The Hall–Kier alpha value is -0.480. The van der Waals surface area contributed by atoms with Crippen molar-refractivity contribution in [2.45, 2.75) is 13.8 Å².